The van der Waals surface area contributed by atoms with Gasteiger partial charge in [-0.3, -0.25) is 4.79 Å². The Morgan fingerprint density at radius 3 is 2.76 bits per heavy atom. The van der Waals surface area contributed by atoms with Gasteiger partial charge in [0.25, 0.3) is 0 Å². The third kappa shape index (κ3) is 2.23. The summed E-state index contributed by atoms with van der Waals surface area (Å²) in [6.45, 7) is 0.580. The number of ether oxygens (including phenoxy) is 2. The van der Waals surface area contributed by atoms with Gasteiger partial charge in [-0.15, -0.1) is 0 Å². The SMILES string of the molecule is COc1ccc(C2(CC(=O)O)CCO2)cc1Cl. The second kappa shape index (κ2) is 4.55. The van der Waals surface area contributed by atoms with Gasteiger partial charge in [0.05, 0.1) is 25.2 Å². The third-order valence-electron chi connectivity index (χ3n) is 3.00. The Kier molecular flexibility index (Phi) is 3.26. The van der Waals surface area contributed by atoms with Crippen molar-refractivity contribution in [2.24, 2.45) is 0 Å². The van der Waals surface area contributed by atoms with Crippen LogP contribution in [0.2, 0.25) is 5.02 Å². The van der Waals surface area contributed by atoms with Crippen molar-refractivity contribution in [3.8, 4) is 5.75 Å². The van der Waals surface area contributed by atoms with Gasteiger partial charge in [0.1, 0.15) is 11.4 Å². The highest BCUT2D eigenvalue weighted by molar-refractivity contribution is 6.32. The van der Waals surface area contributed by atoms with Gasteiger partial charge in [-0.2, -0.15) is 0 Å². The number of carbonyl (C=O) groups is 1. The molecule has 1 aliphatic heterocycles. The summed E-state index contributed by atoms with van der Waals surface area (Å²) in [5.41, 5.74) is 0.0684. The molecule has 1 saturated heterocycles. The van der Waals surface area contributed by atoms with E-state index in [9.17, 15) is 4.79 Å². The van der Waals surface area contributed by atoms with E-state index in [1.807, 2.05) is 0 Å². The first-order chi connectivity index (χ1) is 8.07. The summed E-state index contributed by atoms with van der Waals surface area (Å²) in [7, 11) is 1.54. The Labute approximate surface area is 104 Å². The Morgan fingerprint density at radius 2 is 2.35 bits per heavy atom. The maximum absolute atomic E-state index is 10.9. The van der Waals surface area contributed by atoms with Crippen molar-refractivity contribution < 1.29 is 19.4 Å². The first-order valence-electron chi connectivity index (χ1n) is 5.27. The zero-order valence-corrected chi connectivity index (χ0v) is 10.2. The molecule has 0 saturated carbocycles. The Hall–Kier alpha value is -1.26. The summed E-state index contributed by atoms with van der Waals surface area (Å²) in [6, 6.07) is 5.23. The topological polar surface area (TPSA) is 55.8 Å². The van der Waals surface area contributed by atoms with Crippen molar-refractivity contribution in [3.63, 3.8) is 0 Å². The molecule has 1 fully saturated rings. The molecule has 92 valence electrons. The molecule has 4 nitrogen and oxygen atoms in total. The molecule has 5 heteroatoms. The highest BCUT2D eigenvalue weighted by Crippen LogP contribution is 2.42. The molecule has 0 radical (unpaired) electrons. The van der Waals surface area contributed by atoms with Crippen LogP contribution in [-0.4, -0.2) is 24.8 Å². The van der Waals surface area contributed by atoms with Crippen LogP contribution in [-0.2, 0) is 15.1 Å². The molecule has 0 aromatic heterocycles. The molecule has 1 aromatic carbocycles. The van der Waals surface area contributed by atoms with Crippen molar-refractivity contribution in [1.82, 2.24) is 0 Å². The van der Waals surface area contributed by atoms with Gasteiger partial charge in [-0.25, -0.2) is 0 Å². The van der Waals surface area contributed by atoms with Crippen LogP contribution in [0, 0.1) is 0 Å². The van der Waals surface area contributed by atoms with Gasteiger partial charge in [-0.1, -0.05) is 17.7 Å². The zero-order valence-electron chi connectivity index (χ0n) is 9.40. The fourth-order valence-electron chi connectivity index (χ4n) is 2.01. The molecule has 1 heterocycles. The Balaban J connectivity index is 2.31. The fourth-order valence-corrected chi connectivity index (χ4v) is 2.27. The van der Waals surface area contributed by atoms with Gasteiger partial charge in [-0.05, 0) is 17.7 Å². The molecule has 0 amide bonds. The third-order valence-corrected chi connectivity index (χ3v) is 3.29. The van der Waals surface area contributed by atoms with Crippen molar-refractivity contribution in [2.75, 3.05) is 13.7 Å². The van der Waals surface area contributed by atoms with E-state index in [0.29, 0.717) is 23.8 Å². The van der Waals surface area contributed by atoms with E-state index in [4.69, 9.17) is 26.2 Å². The van der Waals surface area contributed by atoms with Crippen molar-refractivity contribution in [2.45, 2.75) is 18.4 Å². The minimum Gasteiger partial charge on any atom is -0.495 e. The molecule has 17 heavy (non-hydrogen) atoms. The number of aliphatic carboxylic acids is 1. The first kappa shape index (κ1) is 12.2. The predicted octanol–water partition coefficient (Wildman–Crippen LogP) is 2.44. The molecule has 1 unspecified atom stereocenters. The van der Waals surface area contributed by atoms with E-state index in [2.05, 4.69) is 0 Å². The summed E-state index contributed by atoms with van der Waals surface area (Å²) >= 11 is 6.03. The van der Waals surface area contributed by atoms with Gasteiger partial charge in [0, 0.05) is 6.42 Å². The lowest BCUT2D eigenvalue weighted by molar-refractivity contribution is -0.176. The van der Waals surface area contributed by atoms with Gasteiger partial charge in [0.2, 0.25) is 0 Å². The summed E-state index contributed by atoms with van der Waals surface area (Å²) in [5.74, 6) is -0.308. The quantitative estimate of drug-likeness (QED) is 0.899. The molecule has 2 rings (SSSR count). The predicted molar refractivity (Wildman–Crippen MR) is 62.5 cm³/mol. The average molecular weight is 257 g/mol. The van der Waals surface area contributed by atoms with Crippen LogP contribution in [0.25, 0.3) is 0 Å². The molecule has 1 atom stereocenters. The first-order valence-corrected chi connectivity index (χ1v) is 5.65. The number of benzene rings is 1. The van der Waals surface area contributed by atoms with Crippen LogP contribution in [0.5, 0.6) is 5.75 Å². The molecule has 0 aliphatic carbocycles. The monoisotopic (exact) mass is 256 g/mol. The molecule has 0 spiro atoms. The number of hydrogen-bond donors (Lipinski definition) is 1. The standard InChI is InChI=1S/C12H13ClO4/c1-16-10-3-2-8(6-9(10)13)12(4-5-17-12)7-11(14)15/h2-3,6H,4-5,7H2,1H3,(H,14,15). The minimum absolute atomic E-state index is 0.0460. The van der Waals surface area contributed by atoms with Gasteiger partial charge >= 0.3 is 5.97 Å². The van der Waals surface area contributed by atoms with Crippen molar-refractivity contribution in [3.05, 3.63) is 28.8 Å². The summed E-state index contributed by atoms with van der Waals surface area (Å²) in [4.78, 5) is 10.9. The normalized spacial score (nSPS) is 22.9. The van der Waals surface area contributed by atoms with Crippen LogP contribution in [0.4, 0.5) is 0 Å². The van der Waals surface area contributed by atoms with E-state index < -0.39 is 11.6 Å². The lowest BCUT2D eigenvalue weighted by atomic mass is 9.83. The van der Waals surface area contributed by atoms with Gasteiger partial charge < -0.3 is 14.6 Å². The second-order valence-corrected chi connectivity index (χ2v) is 4.42. The second-order valence-electron chi connectivity index (χ2n) is 4.01. The number of halogens is 1. The van der Waals surface area contributed by atoms with Crippen molar-refractivity contribution in [1.29, 1.82) is 0 Å². The number of hydrogen-bond acceptors (Lipinski definition) is 3. The fraction of sp³-hybridized carbons (Fsp3) is 0.417. The maximum atomic E-state index is 10.9. The van der Waals surface area contributed by atoms with Crippen LogP contribution < -0.4 is 4.74 Å². The lowest BCUT2D eigenvalue weighted by Crippen LogP contribution is -2.42. The van der Waals surface area contributed by atoms with E-state index in [1.165, 1.54) is 7.11 Å². The zero-order chi connectivity index (χ0) is 12.5. The van der Waals surface area contributed by atoms with Crippen LogP contribution in [0.15, 0.2) is 18.2 Å². The Bertz CT molecular complexity index is 440. The number of rotatable bonds is 4. The molecule has 1 aromatic rings. The number of carboxylic acids is 1. The van der Waals surface area contributed by atoms with Crippen molar-refractivity contribution >= 4 is 17.6 Å². The molecule has 1 N–H and O–H groups in total. The maximum Gasteiger partial charge on any atom is 0.306 e. The average Bonchev–Trinajstić information content (AvgIpc) is 2.23. The molecule has 0 bridgehead atoms. The van der Waals surface area contributed by atoms with Gasteiger partial charge in [0.15, 0.2) is 0 Å². The minimum atomic E-state index is -0.878. The lowest BCUT2D eigenvalue weighted by Gasteiger charge is -2.41. The molecular formula is C12H13ClO4. The van der Waals surface area contributed by atoms with Crippen LogP contribution >= 0.6 is 11.6 Å². The number of carboxylic acid groups (broad SMARTS) is 1. The Morgan fingerprint density at radius 1 is 1.65 bits per heavy atom. The summed E-state index contributed by atoms with van der Waals surface area (Å²) in [6.07, 6.45) is 0.650. The summed E-state index contributed by atoms with van der Waals surface area (Å²) < 4.78 is 10.5. The van der Waals surface area contributed by atoms with Crippen LogP contribution in [0.1, 0.15) is 18.4 Å². The number of methoxy groups -OCH3 is 1. The van der Waals surface area contributed by atoms with E-state index in [-0.39, 0.29) is 6.42 Å². The van der Waals surface area contributed by atoms with Crippen LogP contribution in [0.3, 0.4) is 0 Å². The van der Waals surface area contributed by atoms with E-state index in [0.717, 1.165) is 5.56 Å². The highest BCUT2D eigenvalue weighted by Gasteiger charge is 2.42. The molecular weight excluding hydrogens is 244 g/mol. The van der Waals surface area contributed by atoms with E-state index in [1.54, 1.807) is 18.2 Å². The molecule has 1 aliphatic rings. The highest BCUT2D eigenvalue weighted by atomic mass is 35.5. The summed E-state index contributed by atoms with van der Waals surface area (Å²) in [5, 5.41) is 9.37. The van der Waals surface area contributed by atoms with E-state index >= 15 is 0 Å². The smallest absolute Gasteiger partial charge is 0.306 e. The largest absolute Gasteiger partial charge is 0.495 e.